The molecule has 0 amide bonds. The molecular weight excluding hydrogens is 583 g/mol. The third-order valence-electron chi connectivity index (χ3n) is 11.0. The second-order valence-electron chi connectivity index (χ2n) is 16.8. The highest BCUT2D eigenvalue weighted by atomic mass is 16.5. The molecule has 248 valence electrons. The molecular formula is C46H53NO. The van der Waals surface area contributed by atoms with Crippen LogP contribution in [0.2, 0.25) is 0 Å². The summed E-state index contributed by atoms with van der Waals surface area (Å²) in [6, 6.07) is 21.6. The highest BCUT2D eigenvalue weighted by Gasteiger charge is 2.36. The van der Waals surface area contributed by atoms with Crippen molar-refractivity contribution in [2.75, 3.05) is 7.11 Å². The van der Waals surface area contributed by atoms with Gasteiger partial charge in [0.05, 0.1) is 19.2 Å². The molecule has 48 heavy (non-hydrogen) atoms. The molecule has 4 aromatic rings. The van der Waals surface area contributed by atoms with Crippen LogP contribution in [-0.4, -0.2) is 7.11 Å². The van der Waals surface area contributed by atoms with Crippen molar-refractivity contribution in [2.45, 2.75) is 111 Å². The van der Waals surface area contributed by atoms with E-state index in [9.17, 15) is 0 Å². The van der Waals surface area contributed by atoms with Crippen molar-refractivity contribution in [1.82, 2.24) is 5.32 Å². The zero-order chi connectivity index (χ0) is 34.3. The number of fused-ring (bicyclic) bond motifs is 3. The number of ether oxygens (including phenoxy) is 1. The molecule has 2 atom stereocenters. The van der Waals surface area contributed by atoms with Gasteiger partial charge >= 0.3 is 0 Å². The average Bonchev–Trinajstić information content (AvgIpc) is 3.69. The Kier molecular flexibility index (Phi) is 7.91. The number of aryl methyl sites for hydroxylation is 3. The maximum atomic E-state index is 6.29. The average molecular weight is 636 g/mol. The van der Waals surface area contributed by atoms with Crippen molar-refractivity contribution < 1.29 is 4.74 Å². The number of hydrogen-bond donors (Lipinski definition) is 1. The van der Waals surface area contributed by atoms with E-state index in [1.54, 1.807) is 5.56 Å². The fourth-order valence-electron chi connectivity index (χ4n) is 8.64. The molecule has 2 unspecified atom stereocenters. The van der Waals surface area contributed by atoms with E-state index in [0.29, 0.717) is 0 Å². The van der Waals surface area contributed by atoms with Crippen molar-refractivity contribution in [3.63, 3.8) is 0 Å². The van der Waals surface area contributed by atoms with Gasteiger partial charge in [-0.05, 0) is 119 Å². The first kappa shape index (κ1) is 32.7. The van der Waals surface area contributed by atoms with E-state index in [-0.39, 0.29) is 22.9 Å². The first-order valence-electron chi connectivity index (χ1n) is 17.9. The number of hydrogen-bond acceptors (Lipinski definition) is 2. The minimum Gasteiger partial charge on any atom is -0.496 e. The van der Waals surface area contributed by atoms with Crippen LogP contribution < -0.4 is 10.1 Å². The maximum absolute atomic E-state index is 6.29. The molecule has 0 bridgehead atoms. The molecule has 4 aromatic carbocycles. The second-order valence-corrected chi connectivity index (χ2v) is 16.8. The molecule has 3 aliphatic carbocycles. The van der Waals surface area contributed by atoms with E-state index >= 15 is 0 Å². The molecule has 0 aliphatic heterocycles. The summed E-state index contributed by atoms with van der Waals surface area (Å²) in [5.41, 5.74) is 21.8. The lowest BCUT2D eigenvalue weighted by molar-refractivity contribution is 0.398. The van der Waals surface area contributed by atoms with E-state index in [1.807, 2.05) is 7.11 Å². The zero-order valence-electron chi connectivity index (χ0n) is 31.0. The summed E-state index contributed by atoms with van der Waals surface area (Å²) in [6.45, 7) is 22.8. The van der Waals surface area contributed by atoms with Gasteiger partial charge in [-0.15, -0.1) is 0 Å². The number of methoxy groups -OCH3 is 1. The standard InChI is InChI=1S/C46H53NO/c1-26-19-27(2)21-32(20-26)41-36-23-29(4)43(38(36)25-39(44(41)48-11)46(8,9)10)47-42-28(3)22-35-37(42)24-31-13-12-14-34(31)40(35)30-15-17-33(18-16-30)45(5,6)7/h15-25,42-43,47H,12-14H2,1-11H3. The van der Waals surface area contributed by atoms with Gasteiger partial charge in [-0.2, -0.15) is 0 Å². The largest absolute Gasteiger partial charge is 0.496 e. The minimum absolute atomic E-state index is 0.0805. The summed E-state index contributed by atoms with van der Waals surface area (Å²) in [4.78, 5) is 0. The van der Waals surface area contributed by atoms with E-state index in [4.69, 9.17) is 4.74 Å². The molecule has 2 heteroatoms. The smallest absolute Gasteiger partial charge is 0.131 e. The molecule has 2 nitrogen and oxygen atoms in total. The Balaban J connectivity index is 1.35. The van der Waals surface area contributed by atoms with Crippen LogP contribution in [0.15, 0.2) is 65.7 Å². The van der Waals surface area contributed by atoms with Gasteiger partial charge in [-0.1, -0.05) is 124 Å². The summed E-state index contributed by atoms with van der Waals surface area (Å²) in [5.74, 6) is 0.996. The monoisotopic (exact) mass is 635 g/mol. The Labute approximate surface area is 289 Å². The lowest BCUT2D eigenvalue weighted by Gasteiger charge is -2.29. The van der Waals surface area contributed by atoms with Gasteiger partial charge in [0, 0.05) is 11.1 Å². The third-order valence-corrected chi connectivity index (χ3v) is 11.0. The van der Waals surface area contributed by atoms with Crippen molar-refractivity contribution in [3.05, 3.63) is 121 Å². The molecule has 0 aromatic heterocycles. The topological polar surface area (TPSA) is 21.3 Å². The molecule has 0 fully saturated rings. The van der Waals surface area contributed by atoms with Gasteiger partial charge in [0.15, 0.2) is 0 Å². The predicted octanol–water partition coefficient (Wildman–Crippen LogP) is 11.9. The first-order chi connectivity index (χ1) is 22.7. The Morgan fingerprint density at radius 2 is 1.23 bits per heavy atom. The SMILES string of the molecule is COc1c(C(C)(C)C)cc2c(c1-c1cc(C)cc(C)c1)C=C(C)C2NC1C(C)=Cc2c1cc1c(c2-c2ccc(C(C)(C)C)cc2)CCC1. The maximum Gasteiger partial charge on any atom is 0.131 e. The summed E-state index contributed by atoms with van der Waals surface area (Å²) in [5, 5.41) is 4.23. The third kappa shape index (κ3) is 5.47. The number of nitrogens with one attached hydrogen (secondary N) is 1. The van der Waals surface area contributed by atoms with Gasteiger partial charge in [-0.25, -0.2) is 0 Å². The first-order valence-corrected chi connectivity index (χ1v) is 17.9. The van der Waals surface area contributed by atoms with Crippen molar-refractivity contribution in [1.29, 1.82) is 0 Å². The summed E-state index contributed by atoms with van der Waals surface area (Å²) < 4.78 is 6.29. The van der Waals surface area contributed by atoms with Crippen molar-refractivity contribution in [2.24, 2.45) is 0 Å². The summed E-state index contributed by atoms with van der Waals surface area (Å²) in [7, 11) is 1.83. The molecule has 3 aliphatic rings. The van der Waals surface area contributed by atoms with Gasteiger partial charge < -0.3 is 4.74 Å². The molecule has 0 heterocycles. The fraction of sp³-hybridized carbons (Fsp3) is 0.391. The molecule has 0 saturated heterocycles. The molecule has 0 saturated carbocycles. The van der Waals surface area contributed by atoms with Crippen LogP contribution in [-0.2, 0) is 23.7 Å². The van der Waals surface area contributed by atoms with Crippen LogP contribution in [0, 0.1) is 13.8 Å². The molecule has 0 radical (unpaired) electrons. The normalized spacial score (nSPS) is 18.4. The fourth-order valence-corrected chi connectivity index (χ4v) is 8.64. The highest BCUT2D eigenvalue weighted by molar-refractivity contribution is 5.89. The predicted molar refractivity (Wildman–Crippen MR) is 205 cm³/mol. The van der Waals surface area contributed by atoms with E-state index < -0.39 is 0 Å². The van der Waals surface area contributed by atoms with Gasteiger partial charge in [-0.3, -0.25) is 5.32 Å². The Morgan fingerprint density at radius 1 is 0.646 bits per heavy atom. The Morgan fingerprint density at radius 3 is 1.79 bits per heavy atom. The van der Waals surface area contributed by atoms with Gasteiger partial charge in [0.1, 0.15) is 5.75 Å². The minimum atomic E-state index is -0.0805. The highest BCUT2D eigenvalue weighted by Crippen LogP contribution is 2.51. The van der Waals surface area contributed by atoms with Gasteiger partial charge in [0.2, 0.25) is 0 Å². The van der Waals surface area contributed by atoms with Crippen molar-refractivity contribution >= 4 is 12.2 Å². The second kappa shape index (κ2) is 11.6. The van der Waals surface area contributed by atoms with Crippen molar-refractivity contribution in [3.8, 4) is 28.0 Å². The molecule has 1 N–H and O–H groups in total. The molecule has 7 rings (SSSR count). The van der Waals surface area contributed by atoms with E-state index in [0.717, 1.165) is 5.75 Å². The summed E-state index contributed by atoms with van der Waals surface area (Å²) in [6.07, 6.45) is 8.46. The lowest BCUT2D eigenvalue weighted by atomic mass is 9.80. The molecule has 0 spiro atoms. The quantitative estimate of drug-likeness (QED) is 0.236. The van der Waals surface area contributed by atoms with Crippen LogP contribution in [0.3, 0.4) is 0 Å². The van der Waals surface area contributed by atoms with Gasteiger partial charge in [0.25, 0.3) is 0 Å². The number of rotatable bonds is 5. The Hall–Kier alpha value is -3.88. The Bertz CT molecular complexity index is 1990. The van der Waals surface area contributed by atoms with Crippen LogP contribution >= 0.6 is 0 Å². The van der Waals surface area contributed by atoms with Crippen LogP contribution in [0.1, 0.15) is 130 Å². The summed E-state index contributed by atoms with van der Waals surface area (Å²) >= 11 is 0. The number of benzene rings is 4. The van der Waals surface area contributed by atoms with Crippen LogP contribution in [0.4, 0.5) is 0 Å². The lowest BCUT2D eigenvalue weighted by Crippen LogP contribution is -2.27. The zero-order valence-corrected chi connectivity index (χ0v) is 31.0. The van der Waals surface area contributed by atoms with E-state index in [2.05, 4.69) is 141 Å². The van der Waals surface area contributed by atoms with Crippen LogP contribution in [0.5, 0.6) is 5.75 Å². The van der Waals surface area contributed by atoms with E-state index in [1.165, 1.54) is 103 Å². The van der Waals surface area contributed by atoms with Crippen LogP contribution in [0.25, 0.3) is 34.4 Å².